The van der Waals surface area contributed by atoms with Crippen LogP contribution < -0.4 is 0 Å². The SMILES string of the molecule is CCC=CCC=CCC=CCC=CCC=CCC=CCCCOC(C)C(O)OC(C)(C)C. The maximum Gasteiger partial charge on any atom is 0.181 e. The van der Waals surface area contributed by atoms with Gasteiger partial charge in [0, 0.05) is 6.61 Å². The van der Waals surface area contributed by atoms with Gasteiger partial charge < -0.3 is 14.6 Å². The molecule has 182 valence electrons. The van der Waals surface area contributed by atoms with E-state index in [2.05, 4.69) is 79.8 Å². The van der Waals surface area contributed by atoms with E-state index < -0.39 is 6.29 Å². The summed E-state index contributed by atoms with van der Waals surface area (Å²) in [7, 11) is 0. The molecular weight excluding hydrogens is 396 g/mol. The first kappa shape index (κ1) is 30.3. The number of unbranched alkanes of at least 4 members (excludes halogenated alkanes) is 1. The molecule has 0 aromatic heterocycles. The highest BCUT2D eigenvalue weighted by Gasteiger charge is 2.22. The molecular formula is C29H48O3. The molecule has 32 heavy (non-hydrogen) atoms. The molecule has 0 aromatic rings. The van der Waals surface area contributed by atoms with Crippen molar-refractivity contribution in [2.45, 2.75) is 104 Å². The van der Waals surface area contributed by atoms with Crippen molar-refractivity contribution in [1.82, 2.24) is 0 Å². The van der Waals surface area contributed by atoms with Crippen molar-refractivity contribution in [3.63, 3.8) is 0 Å². The summed E-state index contributed by atoms with van der Waals surface area (Å²) >= 11 is 0. The van der Waals surface area contributed by atoms with Crippen LogP contribution in [0, 0.1) is 0 Å². The van der Waals surface area contributed by atoms with Gasteiger partial charge in [-0.1, -0.05) is 79.8 Å². The van der Waals surface area contributed by atoms with Crippen molar-refractivity contribution in [3.8, 4) is 0 Å². The van der Waals surface area contributed by atoms with Crippen molar-refractivity contribution in [2.24, 2.45) is 0 Å². The maximum absolute atomic E-state index is 9.94. The molecule has 0 aliphatic heterocycles. The second-order valence-electron chi connectivity index (χ2n) is 8.75. The Morgan fingerprint density at radius 1 is 0.688 bits per heavy atom. The third-order valence-corrected chi connectivity index (χ3v) is 4.37. The minimum atomic E-state index is -0.888. The van der Waals surface area contributed by atoms with Crippen LogP contribution in [0.1, 0.15) is 86.0 Å². The average molecular weight is 445 g/mol. The maximum atomic E-state index is 9.94. The van der Waals surface area contributed by atoms with Gasteiger partial charge in [0.2, 0.25) is 0 Å². The van der Waals surface area contributed by atoms with E-state index in [1.165, 1.54) is 0 Å². The van der Waals surface area contributed by atoms with E-state index >= 15 is 0 Å². The summed E-state index contributed by atoms with van der Waals surface area (Å²) in [5, 5.41) is 9.94. The zero-order chi connectivity index (χ0) is 23.9. The first-order valence-electron chi connectivity index (χ1n) is 12.2. The lowest BCUT2D eigenvalue weighted by atomic mass is 10.2. The topological polar surface area (TPSA) is 38.7 Å². The van der Waals surface area contributed by atoms with Crippen LogP contribution in [0.4, 0.5) is 0 Å². The Kier molecular flexibility index (Phi) is 20.1. The van der Waals surface area contributed by atoms with Crippen LogP contribution in [0.5, 0.6) is 0 Å². The van der Waals surface area contributed by atoms with E-state index in [0.29, 0.717) is 6.61 Å². The third-order valence-electron chi connectivity index (χ3n) is 4.37. The molecule has 0 saturated carbocycles. The number of hydrogen-bond donors (Lipinski definition) is 1. The number of aliphatic hydroxyl groups is 1. The van der Waals surface area contributed by atoms with Gasteiger partial charge in [-0.3, -0.25) is 0 Å². The quantitative estimate of drug-likeness (QED) is 0.132. The fourth-order valence-corrected chi connectivity index (χ4v) is 2.65. The molecule has 0 bridgehead atoms. The van der Waals surface area contributed by atoms with Gasteiger partial charge in [0.25, 0.3) is 0 Å². The highest BCUT2D eigenvalue weighted by atomic mass is 16.6. The minimum Gasteiger partial charge on any atom is -0.373 e. The highest BCUT2D eigenvalue weighted by Crippen LogP contribution is 2.13. The summed E-state index contributed by atoms with van der Waals surface area (Å²) in [4.78, 5) is 0. The molecule has 1 N–H and O–H groups in total. The molecule has 0 radical (unpaired) electrons. The van der Waals surface area contributed by atoms with Crippen LogP contribution in [0.15, 0.2) is 72.9 Å². The Balaban J connectivity index is 3.63. The monoisotopic (exact) mass is 444 g/mol. The molecule has 0 amide bonds. The average Bonchev–Trinajstić information content (AvgIpc) is 2.73. The van der Waals surface area contributed by atoms with Crippen LogP contribution in [0.25, 0.3) is 0 Å². The fourth-order valence-electron chi connectivity index (χ4n) is 2.65. The largest absolute Gasteiger partial charge is 0.373 e. The van der Waals surface area contributed by atoms with Crippen LogP contribution in [-0.4, -0.2) is 29.7 Å². The molecule has 3 heteroatoms. The summed E-state index contributed by atoms with van der Waals surface area (Å²) in [6, 6.07) is 0. The third kappa shape index (κ3) is 23.0. The summed E-state index contributed by atoms with van der Waals surface area (Å²) in [5.41, 5.74) is -0.372. The lowest BCUT2D eigenvalue weighted by Gasteiger charge is -2.27. The van der Waals surface area contributed by atoms with Crippen molar-refractivity contribution in [3.05, 3.63) is 72.9 Å². The zero-order valence-electron chi connectivity index (χ0n) is 21.2. The Morgan fingerprint density at radius 3 is 1.50 bits per heavy atom. The lowest BCUT2D eigenvalue weighted by molar-refractivity contribution is -0.217. The smallest absolute Gasteiger partial charge is 0.181 e. The van der Waals surface area contributed by atoms with Crippen molar-refractivity contribution >= 4 is 0 Å². The van der Waals surface area contributed by atoms with Gasteiger partial charge in [0.05, 0.1) is 5.60 Å². The van der Waals surface area contributed by atoms with E-state index in [4.69, 9.17) is 9.47 Å². The molecule has 0 saturated heterocycles. The fraction of sp³-hybridized carbons (Fsp3) is 0.586. The molecule has 2 unspecified atom stereocenters. The minimum absolute atomic E-state index is 0.320. The van der Waals surface area contributed by atoms with Gasteiger partial charge in [-0.15, -0.1) is 0 Å². The van der Waals surface area contributed by atoms with Gasteiger partial charge >= 0.3 is 0 Å². The van der Waals surface area contributed by atoms with E-state index in [9.17, 15) is 5.11 Å². The molecule has 3 nitrogen and oxygen atoms in total. The van der Waals surface area contributed by atoms with Crippen LogP contribution in [0.3, 0.4) is 0 Å². The molecule has 0 aliphatic carbocycles. The van der Waals surface area contributed by atoms with Crippen molar-refractivity contribution < 1.29 is 14.6 Å². The zero-order valence-corrected chi connectivity index (χ0v) is 21.2. The number of allylic oxidation sites excluding steroid dienone is 12. The first-order chi connectivity index (χ1) is 15.4. The second kappa shape index (κ2) is 21.2. The summed E-state index contributed by atoms with van der Waals surface area (Å²) in [5.74, 6) is 0. The Labute approximate surface area is 198 Å². The second-order valence-corrected chi connectivity index (χ2v) is 8.75. The van der Waals surface area contributed by atoms with E-state index in [-0.39, 0.29) is 11.7 Å². The molecule has 0 rings (SSSR count). The normalized spacial score (nSPS) is 15.6. The van der Waals surface area contributed by atoms with E-state index in [1.807, 2.05) is 27.7 Å². The molecule has 0 aliphatic rings. The highest BCUT2D eigenvalue weighted by molar-refractivity contribution is 5.01. The van der Waals surface area contributed by atoms with Gasteiger partial charge in [-0.05, 0) is 79.1 Å². The number of ether oxygens (including phenoxy) is 2. The first-order valence-corrected chi connectivity index (χ1v) is 12.2. The Morgan fingerprint density at radius 2 is 1.09 bits per heavy atom. The predicted octanol–water partition coefficient (Wildman–Crippen LogP) is 8.00. The lowest BCUT2D eigenvalue weighted by Crippen LogP contribution is -2.36. The standard InChI is InChI=1S/C29H48O3/c1-6-7-8-9-10-11-12-13-14-15-16-17-18-19-20-21-22-23-24-25-26-31-27(2)28(30)32-29(3,4)5/h7-8,10-11,13-14,16-17,19-20,22-23,27-28,30H,6,9,12,15,18,21,24-26H2,1-5H3. The van der Waals surface area contributed by atoms with Gasteiger partial charge in [-0.25, -0.2) is 0 Å². The summed E-state index contributed by atoms with van der Waals surface area (Å²) in [6.45, 7) is 10.4. The van der Waals surface area contributed by atoms with Gasteiger partial charge in [0.1, 0.15) is 6.10 Å². The number of aliphatic hydroxyl groups excluding tert-OH is 1. The van der Waals surface area contributed by atoms with Crippen LogP contribution in [-0.2, 0) is 9.47 Å². The summed E-state index contributed by atoms with van der Waals surface area (Å²) in [6.07, 6.45) is 33.3. The van der Waals surface area contributed by atoms with Crippen LogP contribution in [0.2, 0.25) is 0 Å². The molecule has 2 atom stereocenters. The Bertz CT molecular complexity index is 588. The Hall–Kier alpha value is -1.68. The molecule has 0 aromatic carbocycles. The van der Waals surface area contributed by atoms with Crippen LogP contribution >= 0.6 is 0 Å². The number of hydrogen-bond acceptors (Lipinski definition) is 3. The van der Waals surface area contributed by atoms with E-state index in [0.717, 1.165) is 51.4 Å². The van der Waals surface area contributed by atoms with Gasteiger partial charge in [0.15, 0.2) is 6.29 Å². The predicted molar refractivity (Wildman–Crippen MR) is 140 cm³/mol. The molecule has 0 fully saturated rings. The van der Waals surface area contributed by atoms with E-state index in [1.54, 1.807) is 0 Å². The summed E-state index contributed by atoms with van der Waals surface area (Å²) < 4.78 is 11.1. The van der Waals surface area contributed by atoms with Gasteiger partial charge in [-0.2, -0.15) is 0 Å². The number of rotatable bonds is 18. The molecule has 0 spiro atoms. The van der Waals surface area contributed by atoms with Crippen molar-refractivity contribution in [2.75, 3.05) is 6.61 Å². The molecule has 0 heterocycles. The van der Waals surface area contributed by atoms with Crippen molar-refractivity contribution in [1.29, 1.82) is 0 Å².